The maximum absolute atomic E-state index is 12.1. The molecule has 1 N–H and O–H groups in total. The van der Waals surface area contributed by atoms with Gasteiger partial charge in [0.15, 0.2) is 0 Å². The van der Waals surface area contributed by atoms with Crippen molar-refractivity contribution < 1.29 is 19.1 Å². The van der Waals surface area contributed by atoms with Crippen LogP contribution in [-0.4, -0.2) is 41.1 Å². The van der Waals surface area contributed by atoms with Crippen LogP contribution in [0.2, 0.25) is 0 Å². The SMILES string of the molecule is CN1CC(C(=O)NCc2ccc(Oc3ccccn3)cc2)C(=O)C1=O. The number of nitrogens with one attached hydrogen (secondary N) is 1. The molecule has 0 radical (unpaired) electrons. The first-order chi connectivity index (χ1) is 12.0. The molecular weight excluding hydrogens is 322 g/mol. The quantitative estimate of drug-likeness (QED) is 0.652. The number of hydrogen-bond acceptors (Lipinski definition) is 5. The molecule has 3 rings (SSSR count). The molecular formula is C18H17N3O4. The largest absolute Gasteiger partial charge is 0.439 e. The molecule has 0 spiro atoms. The maximum atomic E-state index is 12.1. The highest BCUT2D eigenvalue weighted by Crippen LogP contribution is 2.19. The van der Waals surface area contributed by atoms with Gasteiger partial charge in [-0.2, -0.15) is 0 Å². The smallest absolute Gasteiger partial charge is 0.290 e. The lowest BCUT2D eigenvalue weighted by Gasteiger charge is -2.10. The van der Waals surface area contributed by atoms with Crippen molar-refractivity contribution in [2.24, 2.45) is 5.92 Å². The zero-order chi connectivity index (χ0) is 17.8. The van der Waals surface area contributed by atoms with Crippen LogP contribution in [0.15, 0.2) is 48.7 Å². The van der Waals surface area contributed by atoms with E-state index in [1.165, 1.54) is 11.9 Å². The predicted molar refractivity (Wildman–Crippen MR) is 88.7 cm³/mol. The summed E-state index contributed by atoms with van der Waals surface area (Å²) < 4.78 is 5.59. The molecule has 25 heavy (non-hydrogen) atoms. The topological polar surface area (TPSA) is 88.6 Å². The Morgan fingerprint density at radius 2 is 2.00 bits per heavy atom. The summed E-state index contributed by atoms with van der Waals surface area (Å²) in [5.74, 6) is -1.50. The second kappa shape index (κ2) is 7.12. The van der Waals surface area contributed by atoms with Crippen LogP contribution >= 0.6 is 0 Å². The van der Waals surface area contributed by atoms with Crippen LogP contribution in [0.25, 0.3) is 0 Å². The first kappa shape index (κ1) is 16.6. The number of aromatic nitrogens is 1. The van der Waals surface area contributed by atoms with Crippen molar-refractivity contribution in [1.29, 1.82) is 0 Å². The summed E-state index contributed by atoms with van der Waals surface area (Å²) >= 11 is 0. The molecule has 1 unspecified atom stereocenters. The Balaban J connectivity index is 1.54. The van der Waals surface area contributed by atoms with E-state index >= 15 is 0 Å². The van der Waals surface area contributed by atoms with Gasteiger partial charge in [0.05, 0.1) is 0 Å². The summed E-state index contributed by atoms with van der Waals surface area (Å²) in [6.45, 7) is 0.394. The molecule has 0 aliphatic carbocycles. The fourth-order valence-corrected chi connectivity index (χ4v) is 2.49. The third kappa shape index (κ3) is 3.82. The van der Waals surface area contributed by atoms with Crippen LogP contribution in [0.3, 0.4) is 0 Å². The number of carbonyl (C=O) groups is 3. The first-order valence-electron chi connectivity index (χ1n) is 7.79. The molecule has 2 heterocycles. The molecule has 0 bridgehead atoms. The van der Waals surface area contributed by atoms with Gasteiger partial charge in [0, 0.05) is 32.4 Å². The third-order valence-corrected chi connectivity index (χ3v) is 3.90. The van der Waals surface area contributed by atoms with Crippen molar-refractivity contribution in [2.75, 3.05) is 13.6 Å². The molecule has 1 aliphatic heterocycles. The number of likely N-dealkylation sites (N-methyl/N-ethyl adjacent to an activating group) is 1. The standard InChI is InChI=1S/C18H17N3O4/c1-21-11-14(16(22)18(21)24)17(23)20-10-12-5-7-13(8-6-12)25-15-4-2-3-9-19-15/h2-9,14H,10-11H2,1H3,(H,20,23). The van der Waals surface area contributed by atoms with Gasteiger partial charge in [0.2, 0.25) is 17.6 Å². The van der Waals surface area contributed by atoms with Crippen LogP contribution in [0.4, 0.5) is 0 Å². The van der Waals surface area contributed by atoms with E-state index in [9.17, 15) is 14.4 Å². The Morgan fingerprint density at radius 3 is 2.60 bits per heavy atom. The third-order valence-electron chi connectivity index (χ3n) is 3.90. The Labute approximate surface area is 144 Å². The zero-order valence-electron chi connectivity index (χ0n) is 13.6. The number of pyridine rings is 1. The average Bonchev–Trinajstić information content (AvgIpc) is 2.89. The van der Waals surface area contributed by atoms with Crippen molar-refractivity contribution in [3.63, 3.8) is 0 Å². The summed E-state index contributed by atoms with van der Waals surface area (Å²) in [4.78, 5) is 40.6. The molecule has 1 aromatic heterocycles. The number of carbonyl (C=O) groups excluding carboxylic acids is 3. The lowest BCUT2D eigenvalue weighted by Crippen LogP contribution is -2.35. The van der Waals surface area contributed by atoms with Gasteiger partial charge in [0.1, 0.15) is 11.7 Å². The van der Waals surface area contributed by atoms with Crippen LogP contribution in [0.1, 0.15) is 5.56 Å². The Bertz CT molecular complexity index is 790. The number of hydrogen-bond donors (Lipinski definition) is 1. The summed E-state index contributed by atoms with van der Waals surface area (Å²) in [5, 5.41) is 2.69. The summed E-state index contributed by atoms with van der Waals surface area (Å²) in [7, 11) is 1.51. The van der Waals surface area contributed by atoms with Crippen LogP contribution in [0, 0.1) is 5.92 Å². The van der Waals surface area contributed by atoms with E-state index in [4.69, 9.17) is 4.74 Å². The second-order valence-electron chi connectivity index (χ2n) is 5.73. The number of ketones is 1. The number of benzene rings is 1. The van der Waals surface area contributed by atoms with Gasteiger partial charge in [-0.25, -0.2) is 4.98 Å². The van der Waals surface area contributed by atoms with Crippen molar-refractivity contribution in [3.05, 3.63) is 54.2 Å². The van der Waals surface area contributed by atoms with E-state index in [1.54, 1.807) is 30.5 Å². The molecule has 7 nitrogen and oxygen atoms in total. The monoisotopic (exact) mass is 339 g/mol. The van der Waals surface area contributed by atoms with Crippen LogP contribution in [0.5, 0.6) is 11.6 Å². The van der Waals surface area contributed by atoms with E-state index < -0.39 is 23.5 Å². The minimum atomic E-state index is -0.927. The number of nitrogens with zero attached hydrogens (tertiary/aromatic N) is 2. The molecule has 1 aromatic carbocycles. The van der Waals surface area contributed by atoms with Gasteiger partial charge in [-0.05, 0) is 23.8 Å². The molecule has 2 amide bonds. The van der Waals surface area contributed by atoms with E-state index in [0.29, 0.717) is 11.6 Å². The number of amides is 2. The van der Waals surface area contributed by atoms with Crippen molar-refractivity contribution in [3.8, 4) is 11.6 Å². The molecule has 0 saturated carbocycles. The number of likely N-dealkylation sites (tertiary alicyclic amines) is 1. The Hall–Kier alpha value is -3.22. The molecule has 1 fully saturated rings. The minimum absolute atomic E-state index is 0.125. The fraction of sp³-hybridized carbons (Fsp3) is 0.222. The first-order valence-corrected chi connectivity index (χ1v) is 7.79. The van der Waals surface area contributed by atoms with E-state index in [0.717, 1.165) is 5.56 Å². The molecule has 128 valence electrons. The molecule has 1 saturated heterocycles. The highest BCUT2D eigenvalue weighted by atomic mass is 16.5. The Morgan fingerprint density at radius 1 is 1.24 bits per heavy atom. The van der Waals surface area contributed by atoms with Gasteiger partial charge >= 0.3 is 0 Å². The second-order valence-corrected chi connectivity index (χ2v) is 5.73. The number of ether oxygens (including phenoxy) is 1. The Kier molecular flexibility index (Phi) is 4.74. The van der Waals surface area contributed by atoms with Crippen molar-refractivity contribution in [2.45, 2.75) is 6.54 Å². The summed E-state index contributed by atoms with van der Waals surface area (Å²) in [6.07, 6.45) is 1.64. The van der Waals surface area contributed by atoms with Gasteiger partial charge in [-0.3, -0.25) is 14.4 Å². The highest BCUT2D eigenvalue weighted by molar-refractivity contribution is 6.42. The number of Topliss-reactive ketones (excluding diaryl/α,β-unsaturated/α-hetero) is 1. The lowest BCUT2D eigenvalue weighted by atomic mass is 10.1. The van der Waals surface area contributed by atoms with Gasteiger partial charge < -0.3 is 15.0 Å². The normalized spacial score (nSPS) is 16.8. The molecule has 2 aromatic rings. The van der Waals surface area contributed by atoms with Crippen LogP contribution < -0.4 is 10.1 Å². The number of rotatable bonds is 5. The van der Waals surface area contributed by atoms with E-state index in [2.05, 4.69) is 10.3 Å². The lowest BCUT2D eigenvalue weighted by molar-refractivity contribution is -0.142. The van der Waals surface area contributed by atoms with Crippen LogP contribution in [-0.2, 0) is 20.9 Å². The van der Waals surface area contributed by atoms with E-state index in [-0.39, 0.29) is 13.1 Å². The molecule has 1 aliphatic rings. The summed E-state index contributed by atoms with van der Waals surface area (Å²) in [5.41, 5.74) is 0.854. The summed E-state index contributed by atoms with van der Waals surface area (Å²) in [6, 6.07) is 12.6. The van der Waals surface area contributed by atoms with Gasteiger partial charge in [0.25, 0.3) is 5.91 Å². The minimum Gasteiger partial charge on any atom is -0.439 e. The molecule has 7 heteroatoms. The average molecular weight is 339 g/mol. The highest BCUT2D eigenvalue weighted by Gasteiger charge is 2.41. The predicted octanol–water partition coefficient (Wildman–Crippen LogP) is 1.15. The van der Waals surface area contributed by atoms with Crippen molar-refractivity contribution in [1.82, 2.24) is 15.2 Å². The maximum Gasteiger partial charge on any atom is 0.290 e. The van der Waals surface area contributed by atoms with Crippen molar-refractivity contribution >= 4 is 17.6 Å². The van der Waals surface area contributed by atoms with Gasteiger partial charge in [-0.1, -0.05) is 18.2 Å². The molecule has 1 atom stereocenters. The zero-order valence-corrected chi connectivity index (χ0v) is 13.6. The fourth-order valence-electron chi connectivity index (χ4n) is 2.49. The van der Waals surface area contributed by atoms with E-state index in [1.807, 2.05) is 18.2 Å². The van der Waals surface area contributed by atoms with Gasteiger partial charge in [-0.15, -0.1) is 0 Å².